The maximum atomic E-state index is 12.9. The van der Waals surface area contributed by atoms with Gasteiger partial charge in [-0.05, 0) is 96.3 Å². The van der Waals surface area contributed by atoms with E-state index in [-0.39, 0.29) is 37.5 Å². The molecule has 0 rings (SSSR count). The van der Waals surface area contributed by atoms with Gasteiger partial charge in [-0.2, -0.15) is 0 Å². The molecule has 1 atom stereocenters. The van der Waals surface area contributed by atoms with Gasteiger partial charge in [0.05, 0.1) is 0 Å². The van der Waals surface area contributed by atoms with E-state index in [0.29, 0.717) is 19.3 Å². The van der Waals surface area contributed by atoms with Crippen LogP contribution in [0, 0.1) is 0 Å². The van der Waals surface area contributed by atoms with Crippen molar-refractivity contribution in [1.29, 1.82) is 0 Å². The fourth-order valence-corrected chi connectivity index (χ4v) is 8.82. The Hall–Kier alpha value is -3.93. The molecule has 0 amide bonds. The van der Waals surface area contributed by atoms with Crippen LogP contribution >= 0.6 is 0 Å². The fourth-order valence-electron chi connectivity index (χ4n) is 8.82. The SMILES string of the molecule is CC/C=C\C/C=C\C/C=C\C/C=C\C/C=C\CCCC(=O)OCC(COC(=O)CCCCCCCCCCCCCCCCCCCCCCCC)OC(=O)CCCCCCCC/C=C\C/C=C\C/C=C\C/C=C\CC. The summed E-state index contributed by atoms with van der Waals surface area (Å²) in [6, 6.07) is 0. The Morgan fingerprint density at radius 2 is 0.526 bits per heavy atom. The molecule has 434 valence electrons. The molecule has 0 bridgehead atoms. The highest BCUT2D eigenvalue weighted by Crippen LogP contribution is 2.17. The van der Waals surface area contributed by atoms with Gasteiger partial charge in [-0.15, -0.1) is 0 Å². The summed E-state index contributed by atoms with van der Waals surface area (Å²) >= 11 is 0. The van der Waals surface area contributed by atoms with Gasteiger partial charge in [-0.1, -0.05) is 291 Å². The molecular formula is C70H118O6. The third-order valence-corrected chi connectivity index (χ3v) is 13.5. The van der Waals surface area contributed by atoms with Crippen molar-refractivity contribution in [3.05, 3.63) is 109 Å². The van der Waals surface area contributed by atoms with Gasteiger partial charge in [0.15, 0.2) is 6.10 Å². The third kappa shape index (κ3) is 60.9. The molecule has 0 fully saturated rings. The molecule has 0 aromatic heterocycles. The van der Waals surface area contributed by atoms with Gasteiger partial charge in [-0.25, -0.2) is 0 Å². The number of hydrogen-bond donors (Lipinski definition) is 0. The quantitative estimate of drug-likeness (QED) is 0.0261. The van der Waals surface area contributed by atoms with Crippen LogP contribution < -0.4 is 0 Å². The average molecular weight is 1060 g/mol. The minimum absolute atomic E-state index is 0.101. The van der Waals surface area contributed by atoms with Gasteiger partial charge >= 0.3 is 17.9 Å². The lowest BCUT2D eigenvalue weighted by Gasteiger charge is -2.18. The lowest BCUT2D eigenvalue weighted by atomic mass is 10.0. The van der Waals surface area contributed by atoms with E-state index in [1.807, 2.05) is 0 Å². The van der Waals surface area contributed by atoms with Crippen molar-refractivity contribution in [3.8, 4) is 0 Å². The topological polar surface area (TPSA) is 78.9 Å². The van der Waals surface area contributed by atoms with Crippen LogP contribution in [0.1, 0.15) is 297 Å². The molecule has 0 spiro atoms. The summed E-state index contributed by atoms with van der Waals surface area (Å²) in [7, 11) is 0. The minimum atomic E-state index is -0.811. The van der Waals surface area contributed by atoms with E-state index in [9.17, 15) is 14.4 Å². The zero-order chi connectivity index (χ0) is 55.0. The average Bonchev–Trinajstić information content (AvgIpc) is 3.42. The lowest BCUT2D eigenvalue weighted by molar-refractivity contribution is -0.167. The molecule has 0 aliphatic carbocycles. The first-order valence-corrected chi connectivity index (χ1v) is 31.9. The van der Waals surface area contributed by atoms with E-state index < -0.39 is 6.10 Å². The monoisotopic (exact) mass is 1050 g/mol. The standard InChI is InChI=1S/C70H118O6/c1-4-7-10-13-16-19-22-25-28-31-33-34-35-37-39-42-45-48-51-54-57-60-63-69(72)75-66-67(65-74-68(71)62-59-56-53-50-47-44-41-38-30-27-24-21-18-15-12-9-6-3)76-70(73)64-61-58-55-52-49-46-43-40-36-32-29-26-23-20-17-14-11-8-5-2/h8-9,11-12,17-18,20-21,26-27,29-30,36,40-41,44,50,53,67H,4-7,10,13-16,19,22-25,28,31-35,37-39,42-43,45-49,51-52,54-66H2,1-3H3/b11-8-,12-9-,20-17-,21-18-,29-26-,30-27-,40-36-,44-41-,53-50-. The normalized spacial score (nSPS) is 12.8. The van der Waals surface area contributed by atoms with E-state index in [0.717, 1.165) is 116 Å². The first-order chi connectivity index (χ1) is 37.5. The second kappa shape index (κ2) is 63.6. The number of carbonyl (C=O) groups is 3. The number of rotatable bonds is 57. The molecule has 6 heteroatoms. The van der Waals surface area contributed by atoms with Gasteiger partial charge in [0.1, 0.15) is 13.2 Å². The molecule has 1 unspecified atom stereocenters. The highest BCUT2D eigenvalue weighted by molar-refractivity contribution is 5.71. The molecular weight excluding hydrogens is 937 g/mol. The Balaban J connectivity index is 4.44. The summed E-state index contributed by atoms with van der Waals surface area (Å²) in [5.74, 6) is -0.967. The molecule has 0 aliphatic rings. The number of esters is 3. The van der Waals surface area contributed by atoms with Crippen molar-refractivity contribution in [2.24, 2.45) is 0 Å². The van der Waals surface area contributed by atoms with Crippen LogP contribution in [0.5, 0.6) is 0 Å². The minimum Gasteiger partial charge on any atom is -0.462 e. The van der Waals surface area contributed by atoms with Crippen molar-refractivity contribution < 1.29 is 28.6 Å². The largest absolute Gasteiger partial charge is 0.462 e. The van der Waals surface area contributed by atoms with E-state index in [1.54, 1.807) is 0 Å². The van der Waals surface area contributed by atoms with E-state index in [4.69, 9.17) is 14.2 Å². The predicted octanol–water partition coefficient (Wildman–Crippen LogP) is 21.8. The Labute approximate surface area is 470 Å². The molecule has 6 nitrogen and oxygen atoms in total. The molecule has 0 saturated carbocycles. The zero-order valence-corrected chi connectivity index (χ0v) is 49.7. The number of hydrogen-bond acceptors (Lipinski definition) is 6. The van der Waals surface area contributed by atoms with Gasteiger partial charge in [-0.3, -0.25) is 14.4 Å². The maximum Gasteiger partial charge on any atom is 0.306 e. The van der Waals surface area contributed by atoms with Crippen molar-refractivity contribution in [2.75, 3.05) is 13.2 Å². The second-order valence-electron chi connectivity index (χ2n) is 20.9. The maximum absolute atomic E-state index is 12.9. The van der Waals surface area contributed by atoms with Crippen LogP contribution in [0.15, 0.2) is 109 Å². The molecule has 0 saturated heterocycles. The van der Waals surface area contributed by atoms with Crippen LogP contribution in [-0.4, -0.2) is 37.2 Å². The second-order valence-corrected chi connectivity index (χ2v) is 20.9. The highest BCUT2D eigenvalue weighted by atomic mass is 16.6. The Kier molecular flexibility index (Phi) is 60.3. The zero-order valence-electron chi connectivity index (χ0n) is 49.7. The molecule has 0 aromatic carbocycles. The van der Waals surface area contributed by atoms with Gasteiger partial charge < -0.3 is 14.2 Å². The highest BCUT2D eigenvalue weighted by Gasteiger charge is 2.19. The van der Waals surface area contributed by atoms with E-state index >= 15 is 0 Å². The van der Waals surface area contributed by atoms with Crippen LogP contribution in [0.25, 0.3) is 0 Å². The Morgan fingerprint density at radius 1 is 0.276 bits per heavy atom. The van der Waals surface area contributed by atoms with Gasteiger partial charge in [0.2, 0.25) is 0 Å². The molecule has 0 heterocycles. The summed E-state index contributed by atoms with van der Waals surface area (Å²) in [5.41, 5.74) is 0. The summed E-state index contributed by atoms with van der Waals surface area (Å²) in [6.07, 6.45) is 86.7. The molecule has 0 aromatic rings. The summed E-state index contributed by atoms with van der Waals surface area (Å²) in [6.45, 7) is 6.38. The summed E-state index contributed by atoms with van der Waals surface area (Å²) < 4.78 is 16.9. The fraction of sp³-hybridized carbons (Fsp3) is 0.700. The van der Waals surface area contributed by atoms with Crippen molar-refractivity contribution in [2.45, 2.75) is 303 Å². The Bertz CT molecular complexity index is 1540. The van der Waals surface area contributed by atoms with Crippen LogP contribution in [0.3, 0.4) is 0 Å². The number of unbranched alkanes of at least 4 members (excludes halogenated alkanes) is 28. The van der Waals surface area contributed by atoms with Crippen molar-refractivity contribution >= 4 is 17.9 Å². The van der Waals surface area contributed by atoms with Gasteiger partial charge in [0, 0.05) is 19.3 Å². The van der Waals surface area contributed by atoms with Crippen LogP contribution in [0.2, 0.25) is 0 Å². The van der Waals surface area contributed by atoms with Crippen molar-refractivity contribution in [3.63, 3.8) is 0 Å². The number of carbonyl (C=O) groups excluding carboxylic acids is 3. The number of ether oxygens (including phenoxy) is 3. The molecule has 0 aliphatic heterocycles. The molecule has 76 heavy (non-hydrogen) atoms. The van der Waals surface area contributed by atoms with Gasteiger partial charge in [0.25, 0.3) is 0 Å². The first-order valence-electron chi connectivity index (χ1n) is 31.9. The Morgan fingerprint density at radius 3 is 0.855 bits per heavy atom. The van der Waals surface area contributed by atoms with E-state index in [2.05, 4.69) is 130 Å². The van der Waals surface area contributed by atoms with Crippen LogP contribution in [-0.2, 0) is 28.6 Å². The summed E-state index contributed by atoms with van der Waals surface area (Å²) in [4.78, 5) is 38.3. The first kappa shape index (κ1) is 72.1. The number of allylic oxidation sites excluding steroid dienone is 18. The predicted molar refractivity (Wildman–Crippen MR) is 330 cm³/mol. The molecule has 0 radical (unpaired) electrons. The van der Waals surface area contributed by atoms with E-state index in [1.165, 1.54) is 135 Å². The smallest absolute Gasteiger partial charge is 0.306 e. The van der Waals surface area contributed by atoms with Crippen molar-refractivity contribution in [1.82, 2.24) is 0 Å². The third-order valence-electron chi connectivity index (χ3n) is 13.5. The lowest BCUT2D eigenvalue weighted by Crippen LogP contribution is -2.30. The summed E-state index contributed by atoms with van der Waals surface area (Å²) in [5, 5.41) is 0. The van der Waals surface area contributed by atoms with Crippen LogP contribution in [0.4, 0.5) is 0 Å². The molecule has 0 N–H and O–H groups in total.